The van der Waals surface area contributed by atoms with E-state index in [0.29, 0.717) is 12.1 Å². The molecular formula is C15H17F3N2S. The molecule has 114 valence electrons. The Morgan fingerprint density at radius 3 is 2.52 bits per heavy atom. The van der Waals surface area contributed by atoms with Crippen molar-refractivity contribution < 1.29 is 13.2 Å². The number of alkyl halides is 3. The van der Waals surface area contributed by atoms with Crippen LogP contribution < -0.4 is 5.32 Å². The molecule has 0 saturated heterocycles. The van der Waals surface area contributed by atoms with Gasteiger partial charge in [-0.05, 0) is 12.0 Å². The van der Waals surface area contributed by atoms with E-state index in [2.05, 4.69) is 10.3 Å². The molecule has 0 saturated carbocycles. The van der Waals surface area contributed by atoms with Gasteiger partial charge in [0.2, 0.25) is 0 Å². The summed E-state index contributed by atoms with van der Waals surface area (Å²) in [6.45, 7) is 2.38. The van der Waals surface area contributed by atoms with Gasteiger partial charge in [0.1, 0.15) is 5.01 Å². The van der Waals surface area contributed by atoms with Crippen LogP contribution in [0.3, 0.4) is 0 Å². The first-order chi connectivity index (χ1) is 9.98. The fraction of sp³-hybridized carbons (Fsp3) is 0.400. The predicted octanol–water partition coefficient (Wildman–Crippen LogP) is 4.49. The van der Waals surface area contributed by atoms with Crippen molar-refractivity contribution in [1.82, 2.24) is 10.3 Å². The van der Waals surface area contributed by atoms with Crippen molar-refractivity contribution in [3.05, 3.63) is 52.0 Å². The van der Waals surface area contributed by atoms with E-state index in [1.165, 1.54) is 11.3 Å². The average Bonchev–Trinajstić information content (AvgIpc) is 2.91. The number of thiazole rings is 1. The van der Waals surface area contributed by atoms with Gasteiger partial charge in [0.05, 0.1) is 6.42 Å². The summed E-state index contributed by atoms with van der Waals surface area (Å²) in [6, 6.07) is 7.96. The Kier molecular flexibility index (Phi) is 5.36. The molecule has 1 aromatic heterocycles. The maximum Gasteiger partial charge on any atom is 0.390 e. The summed E-state index contributed by atoms with van der Waals surface area (Å²) >= 11 is 1.53. The highest BCUT2D eigenvalue weighted by molar-refractivity contribution is 7.11. The van der Waals surface area contributed by atoms with E-state index in [9.17, 15) is 13.2 Å². The lowest BCUT2D eigenvalue weighted by molar-refractivity contribution is -0.140. The fourth-order valence-corrected chi connectivity index (χ4v) is 2.84. The highest BCUT2D eigenvalue weighted by atomic mass is 32.1. The number of nitrogens with zero attached hydrogens (tertiary/aromatic N) is 1. The van der Waals surface area contributed by atoms with Crippen LogP contribution in [-0.4, -0.2) is 11.2 Å². The van der Waals surface area contributed by atoms with E-state index < -0.39 is 18.6 Å². The van der Waals surface area contributed by atoms with Crippen LogP contribution in [0.5, 0.6) is 0 Å². The quantitative estimate of drug-likeness (QED) is 0.850. The monoisotopic (exact) mass is 314 g/mol. The Morgan fingerprint density at radius 1 is 1.24 bits per heavy atom. The lowest BCUT2D eigenvalue weighted by Gasteiger charge is -2.20. The van der Waals surface area contributed by atoms with Crippen LogP contribution in [-0.2, 0) is 13.0 Å². The van der Waals surface area contributed by atoms with Crippen LogP contribution in [0.4, 0.5) is 13.2 Å². The molecule has 6 heteroatoms. The molecule has 0 bridgehead atoms. The minimum atomic E-state index is -4.20. The third-order valence-corrected chi connectivity index (χ3v) is 4.23. The number of aromatic nitrogens is 1. The van der Waals surface area contributed by atoms with E-state index in [4.69, 9.17) is 0 Å². The van der Waals surface area contributed by atoms with Gasteiger partial charge in [-0.3, -0.25) is 0 Å². The normalized spacial score (nSPS) is 13.3. The van der Waals surface area contributed by atoms with Crippen LogP contribution in [0.25, 0.3) is 0 Å². The van der Waals surface area contributed by atoms with Crippen molar-refractivity contribution in [1.29, 1.82) is 0 Å². The van der Waals surface area contributed by atoms with E-state index in [1.807, 2.05) is 6.92 Å². The summed E-state index contributed by atoms with van der Waals surface area (Å²) in [5.74, 6) is 0. The number of benzene rings is 1. The molecule has 1 heterocycles. The Bertz CT molecular complexity index is 552. The first-order valence-electron chi connectivity index (χ1n) is 6.76. The van der Waals surface area contributed by atoms with Gasteiger partial charge in [0.15, 0.2) is 0 Å². The molecule has 0 radical (unpaired) electrons. The van der Waals surface area contributed by atoms with E-state index in [-0.39, 0.29) is 0 Å². The molecule has 0 aliphatic rings. The summed E-state index contributed by atoms with van der Waals surface area (Å²) in [4.78, 5) is 5.36. The third kappa shape index (κ3) is 5.13. The Balaban J connectivity index is 2.05. The smallest absolute Gasteiger partial charge is 0.303 e. The van der Waals surface area contributed by atoms with Gasteiger partial charge in [-0.2, -0.15) is 13.2 Å². The number of hydrogen-bond acceptors (Lipinski definition) is 3. The molecule has 0 aliphatic heterocycles. The highest BCUT2D eigenvalue weighted by Crippen LogP contribution is 2.29. The molecule has 0 amide bonds. The van der Waals surface area contributed by atoms with Crippen LogP contribution in [0.1, 0.15) is 34.8 Å². The van der Waals surface area contributed by atoms with E-state index in [1.54, 1.807) is 36.5 Å². The van der Waals surface area contributed by atoms with Gasteiger partial charge in [-0.15, -0.1) is 11.3 Å². The van der Waals surface area contributed by atoms with Crippen molar-refractivity contribution in [2.45, 2.75) is 38.5 Å². The van der Waals surface area contributed by atoms with Crippen LogP contribution in [0, 0.1) is 0 Å². The second-order valence-corrected chi connectivity index (χ2v) is 5.94. The zero-order valence-corrected chi connectivity index (χ0v) is 12.5. The molecule has 2 rings (SSSR count). The van der Waals surface area contributed by atoms with Crippen molar-refractivity contribution in [2.24, 2.45) is 0 Å². The molecule has 0 spiro atoms. The summed E-state index contributed by atoms with van der Waals surface area (Å²) in [7, 11) is 0. The second kappa shape index (κ2) is 7.04. The summed E-state index contributed by atoms with van der Waals surface area (Å²) < 4.78 is 38.2. The molecule has 2 aromatic rings. The Hall–Kier alpha value is -1.40. The topological polar surface area (TPSA) is 24.9 Å². The first-order valence-corrected chi connectivity index (χ1v) is 7.58. The van der Waals surface area contributed by atoms with Gasteiger partial charge in [-0.1, -0.05) is 37.3 Å². The van der Waals surface area contributed by atoms with Gasteiger partial charge in [0, 0.05) is 23.7 Å². The van der Waals surface area contributed by atoms with Gasteiger partial charge in [-0.25, -0.2) is 4.98 Å². The first kappa shape index (κ1) is 16.0. The number of rotatable bonds is 6. The summed E-state index contributed by atoms with van der Waals surface area (Å²) in [6.07, 6.45) is -2.42. The molecule has 1 N–H and O–H groups in total. The maximum atomic E-state index is 12.7. The molecule has 2 nitrogen and oxygen atoms in total. The number of nitrogens with one attached hydrogen (secondary N) is 1. The minimum absolute atomic E-state index is 0.348. The van der Waals surface area contributed by atoms with Gasteiger partial charge < -0.3 is 5.32 Å². The lowest BCUT2D eigenvalue weighted by Crippen LogP contribution is -2.26. The fourth-order valence-electron chi connectivity index (χ4n) is 2.03. The van der Waals surface area contributed by atoms with Crippen LogP contribution in [0.15, 0.2) is 36.5 Å². The van der Waals surface area contributed by atoms with Gasteiger partial charge in [0.25, 0.3) is 0 Å². The zero-order valence-electron chi connectivity index (χ0n) is 11.7. The lowest BCUT2D eigenvalue weighted by atomic mass is 10.0. The van der Waals surface area contributed by atoms with Crippen LogP contribution in [0.2, 0.25) is 0 Å². The highest BCUT2D eigenvalue weighted by Gasteiger charge is 2.32. The third-order valence-electron chi connectivity index (χ3n) is 3.09. The molecule has 1 atom stereocenters. The van der Waals surface area contributed by atoms with E-state index in [0.717, 1.165) is 16.3 Å². The van der Waals surface area contributed by atoms with E-state index >= 15 is 0 Å². The molecule has 0 aliphatic carbocycles. The number of aryl methyl sites for hydroxylation is 1. The zero-order chi connectivity index (χ0) is 15.3. The minimum Gasteiger partial charge on any atom is -0.303 e. The molecule has 0 fully saturated rings. The average molecular weight is 314 g/mol. The van der Waals surface area contributed by atoms with Crippen molar-refractivity contribution >= 4 is 11.3 Å². The van der Waals surface area contributed by atoms with Crippen molar-refractivity contribution in [3.8, 4) is 0 Å². The maximum absolute atomic E-state index is 12.7. The van der Waals surface area contributed by atoms with Crippen LogP contribution >= 0.6 is 11.3 Å². The molecule has 21 heavy (non-hydrogen) atoms. The predicted molar refractivity (Wildman–Crippen MR) is 78.2 cm³/mol. The van der Waals surface area contributed by atoms with Gasteiger partial charge >= 0.3 is 6.18 Å². The summed E-state index contributed by atoms with van der Waals surface area (Å²) in [5, 5.41) is 3.79. The Labute approximate surface area is 126 Å². The molecule has 1 aromatic carbocycles. The largest absolute Gasteiger partial charge is 0.390 e. The molecular weight excluding hydrogens is 297 g/mol. The second-order valence-electron chi connectivity index (χ2n) is 4.74. The number of halogens is 3. The van der Waals surface area contributed by atoms with Crippen molar-refractivity contribution in [3.63, 3.8) is 0 Å². The SMILES string of the molecule is CCc1cnc(CNC(CC(F)(F)F)c2ccccc2)s1. The molecule has 1 unspecified atom stereocenters. The summed E-state index contributed by atoms with van der Waals surface area (Å²) in [5.41, 5.74) is 0.641. The Morgan fingerprint density at radius 2 is 1.95 bits per heavy atom. The standard InChI is InChI=1S/C15H17F3N2S/c1-2-12-9-20-14(21-12)10-19-13(8-15(16,17)18)11-6-4-3-5-7-11/h3-7,9,13,19H,2,8,10H2,1H3. The number of hydrogen-bond donors (Lipinski definition) is 1. The van der Waals surface area contributed by atoms with Crippen molar-refractivity contribution in [2.75, 3.05) is 0 Å².